The van der Waals surface area contributed by atoms with E-state index in [-0.39, 0.29) is 5.91 Å². The summed E-state index contributed by atoms with van der Waals surface area (Å²) in [5.41, 5.74) is 1.07. The topological polar surface area (TPSA) is 49.3 Å². The highest BCUT2D eigenvalue weighted by molar-refractivity contribution is 5.75. The van der Waals surface area contributed by atoms with Crippen molar-refractivity contribution in [3.05, 3.63) is 48.6 Å². The molecule has 3 nitrogen and oxygen atoms in total. The minimum absolute atomic E-state index is 0.0444. The zero-order valence-electron chi connectivity index (χ0n) is 9.93. The van der Waals surface area contributed by atoms with Gasteiger partial charge in [-0.3, -0.25) is 4.79 Å². The molecule has 92 valence electrons. The molecule has 3 heteroatoms. The predicted octanol–water partition coefficient (Wildman–Crippen LogP) is 1.67. The normalized spacial score (nSPS) is 11.8. The van der Waals surface area contributed by atoms with Gasteiger partial charge in [-0.1, -0.05) is 36.4 Å². The van der Waals surface area contributed by atoms with Gasteiger partial charge < -0.3 is 10.4 Å². The van der Waals surface area contributed by atoms with E-state index < -0.39 is 6.10 Å². The summed E-state index contributed by atoms with van der Waals surface area (Å²) in [5.74, 6) is -0.0444. The highest BCUT2D eigenvalue weighted by Crippen LogP contribution is 2.02. The molecule has 0 heterocycles. The Morgan fingerprint density at radius 2 is 2.12 bits per heavy atom. The minimum Gasteiger partial charge on any atom is -0.391 e. The molecule has 1 unspecified atom stereocenters. The Balaban J connectivity index is 2.23. The molecule has 0 spiro atoms. The first-order valence-electron chi connectivity index (χ1n) is 5.82. The van der Waals surface area contributed by atoms with Gasteiger partial charge in [0.15, 0.2) is 0 Å². The fourth-order valence-corrected chi connectivity index (χ4v) is 1.51. The number of aliphatic hydroxyl groups is 1. The van der Waals surface area contributed by atoms with Crippen LogP contribution in [-0.2, 0) is 11.2 Å². The first-order chi connectivity index (χ1) is 8.22. The Morgan fingerprint density at radius 1 is 1.41 bits per heavy atom. The predicted molar refractivity (Wildman–Crippen MR) is 68.6 cm³/mol. The molecule has 1 aromatic carbocycles. The zero-order chi connectivity index (χ0) is 12.5. The number of carbonyl (C=O) groups excluding carboxylic acids is 1. The Bertz CT molecular complexity index is 348. The number of amides is 1. The van der Waals surface area contributed by atoms with Gasteiger partial charge >= 0.3 is 0 Å². The summed E-state index contributed by atoms with van der Waals surface area (Å²) in [4.78, 5) is 11.3. The largest absolute Gasteiger partial charge is 0.391 e. The van der Waals surface area contributed by atoms with Crippen molar-refractivity contribution in [2.24, 2.45) is 0 Å². The highest BCUT2D eigenvalue weighted by atomic mass is 16.3. The molecule has 0 radical (unpaired) electrons. The van der Waals surface area contributed by atoms with Gasteiger partial charge in [-0.05, 0) is 12.0 Å². The van der Waals surface area contributed by atoms with E-state index in [4.69, 9.17) is 0 Å². The van der Waals surface area contributed by atoms with Gasteiger partial charge in [-0.2, -0.15) is 0 Å². The number of nitrogens with one attached hydrogen (secondary N) is 1. The maximum Gasteiger partial charge on any atom is 0.220 e. The summed E-state index contributed by atoms with van der Waals surface area (Å²) in [6.07, 6.45) is 2.83. The van der Waals surface area contributed by atoms with Gasteiger partial charge in [0.2, 0.25) is 5.91 Å². The Morgan fingerprint density at radius 3 is 2.76 bits per heavy atom. The Kier molecular flexibility index (Phi) is 6.04. The standard InChI is InChI=1S/C14H19NO2/c1-2-3-9-14(17)15-11-13(16)10-12-7-5-4-6-8-12/h2,4-8,13,16H,1,3,9-11H2,(H,15,17). The summed E-state index contributed by atoms with van der Waals surface area (Å²) in [6.45, 7) is 3.85. The number of aliphatic hydroxyl groups excluding tert-OH is 1. The number of hydrogen-bond acceptors (Lipinski definition) is 2. The van der Waals surface area contributed by atoms with Crippen molar-refractivity contribution in [1.82, 2.24) is 5.32 Å². The molecule has 1 aromatic rings. The van der Waals surface area contributed by atoms with Gasteiger partial charge in [-0.25, -0.2) is 0 Å². The van der Waals surface area contributed by atoms with Gasteiger partial charge in [-0.15, -0.1) is 6.58 Å². The van der Waals surface area contributed by atoms with Crippen LogP contribution in [-0.4, -0.2) is 23.7 Å². The van der Waals surface area contributed by atoms with Crippen LogP contribution >= 0.6 is 0 Å². The van der Waals surface area contributed by atoms with Crippen molar-refractivity contribution < 1.29 is 9.90 Å². The van der Waals surface area contributed by atoms with Crippen LogP contribution in [0.1, 0.15) is 18.4 Å². The fraction of sp³-hybridized carbons (Fsp3) is 0.357. The minimum atomic E-state index is -0.537. The van der Waals surface area contributed by atoms with Crippen molar-refractivity contribution in [2.45, 2.75) is 25.4 Å². The maximum absolute atomic E-state index is 11.3. The van der Waals surface area contributed by atoms with Gasteiger partial charge in [0.05, 0.1) is 6.10 Å². The van der Waals surface area contributed by atoms with Crippen molar-refractivity contribution >= 4 is 5.91 Å². The van der Waals surface area contributed by atoms with Crippen LogP contribution in [0.4, 0.5) is 0 Å². The van der Waals surface area contributed by atoms with Crippen LogP contribution in [0.2, 0.25) is 0 Å². The van der Waals surface area contributed by atoms with E-state index in [1.165, 1.54) is 0 Å². The quantitative estimate of drug-likeness (QED) is 0.704. The van der Waals surface area contributed by atoms with Crippen LogP contribution in [0.3, 0.4) is 0 Å². The van der Waals surface area contributed by atoms with Crippen LogP contribution in [0.5, 0.6) is 0 Å². The average Bonchev–Trinajstić information content (AvgIpc) is 2.35. The van der Waals surface area contributed by atoms with Crippen molar-refractivity contribution in [1.29, 1.82) is 0 Å². The molecule has 1 atom stereocenters. The first kappa shape index (κ1) is 13.5. The third-order valence-corrected chi connectivity index (χ3v) is 2.42. The molecule has 0 aromatic heterocycles. The second-order valence-electron chi connectivity index (χ2n) is 3.97. The summed E-state index contributed by atoms with van der Waals surface area (Å²) >= 11 is 0. The number of hydrogen-bond donors (Lipinski definition) is 2. The molecule has 0 aliphatic carbocycles. The molecular formula is C14H19NO2. The number of carbonyl (C=O) groups is 1. The maximum atomic E-state index is 11.3. The third-order valence-electron chi connectivity index (χ3n) is 2.42. The average molecular weight is 233 g/mol. The lowest BCUT2D eigenvalue weighted by Crippen LogP contribution is -2.32. The molecule has 17 heavy (non-hydrogen) atoms. The van der Waals surface area contributed by atoms with E-state index >= 15 is 0 Å². The van der Waals surface area contributed by atoms with E-state index in [1.54, 1.807) is 6.08 Å². The van der Waals surface area contributed by atoms with E-state index in [0.29, 0.717) is 25.8 Å². The van der Waals surface area contributed by atoms with Crippen molar-refractivity contribution in [2.75, 3.05) is 6.54 Å². The summed E-state index contributed by atoms with van der Waals surface area (Å²) in [7, 11) is 0. The van der Waals surface area contributed by atoms with Gasteiger partial charge in [0.1, 0.15) is 0 Å². The molecule has 1 amide bonds. The molecule has 0 saturated heterocycles. The van der Waals surface area contributed by atoms with Crippen LogP contribution in [0, 0.1) is 0 Å². The van der Waals surface area contributed by atoms with E-state index in [0.717, 1.165) is 5.56 Å². The van der Waals surface area contributed by atoms with Crippen LogP contribution in [0.15, 0.2) is 43.0 Å². The molecule has 0 saturated carbocycles. The molecular weight excluding hydrogens is 214 g/mol. The van der Waals surface area contributed by atoms with Crippen molar-refractivity contribution in [3.8, 4) is 0 Å². The molecule has 0 aliphatic rings. The fourth-order valence-electron chi connectivity index (χ4n) is 1.51. The van der Waals surface area contributed by atoms with Gasteiger partial charge in [0.25, 0.3) is 0 Å². The lowest BCUT2D eigenvalue weighted by atomic mass is 10.1. The number of allylic oxidation sites excluding steroid dienone is 1. The summed E-state index contributed by atoms with van der Waals surface area (Å²) < 4.78 is 0. The van der Waals surface area contributed by atoms with Crippen molar-refractivity contribution in [3.63, 3.8) is 0 Å². The Labute approximate surface area is 102 Å². The Hall–Kier alpha value is -1.61. The molecule has 0 fully saturated rings. The van der Waals surface area contributed by atoms with Crippen LogP contribution in [0.25, 0.3) is 0 Å². The lowest BCUT2D eigenvalue weighted by Gasteiger charge is -2.11. The second-order valence-corrected chi connectivity index (χ2v) is 3.97. The zero-order valence-corrected chi connectivity index (χ0v) is 9.93. The van der Waals surface area contributed by atoms with Gasteiger partial charge in [0, 0.05) is 19.4 Å². The smallest absolute Gasteiger partial charge is 0.220 e. The summed E-state index contributed by atoms with van der Waals surface area (Å²) in [5, 5.41) is 12.4. The molecule has 0 bridgehead atoms. The van der Waals surface area contributed by atoms with E-state index in [9.17, 15) is 9.90 Å². The molecule has 1 rings (SSSR count). The lowest BCUT2D eigenvalue weighted by molar-refractivity contribution is -0.121. The third kappa shape index (κ3) is 5.88. The van der Waals surface area contributed by atoms with E-state index in [2.05, 4.69) is 11.9 Å². The molecule has 0 aliphatic heterocycles. The first-order valence-corrected chi connectivity index (χ1v) is 5.82. The number of benzene rings is 1. The monoisotopic (exact) mass is 233 g/mol. The molecule has 2 N–H and O–H groups in total. The van der Waals surface area contributed by atoms with E-state index in [1.807, 2.05) is 30.3 Å². The van der Waals surface area contributed by atoms with Crippen LogP contribution < -0.4 is 5.32 Å². The number of rotatable bonds is 7. The summed E-state index contributed by atoms with van der Waals surface area (Å²) in [6, 6.07) is 9.73. The highest BCUT2D eigenvalue weighted by Gasteiger charge is 2.07. The second kappa shape index (κ2) is 7.63. The SMILES string of the molecule is C=CCCC(=O)NCC(O)Cc1ccccc1.